The van der Waals surface area contributed by atoms with Crippen LogP contribution in [0.2, 0.25) is 0 Å². The number of ketones is 1. The summed E-state index contributed by atoms with van der Waals surface area (Å²) in [6.45, 7) is 0.702. The van der Waals surface area contributed by atoms with E-state index in [0.29, 0.717) is 24.2 Å². The second-order valence-corrected chi connectivity index (χ2v) is 7.61. The number of Topliss-reactive ketones (excluding diaryl/α,β-unsaturated/α-hetero) is 1. The van der Waals surface area contributed by atoms with Gasteiger partial charge in [-0.1, -0.05) is 60.7 Å². The molecule has 1 N–H and O–H groups in total. The molecule has 5 nitrogen and oxygen atoms in total. The first-order valence-electron chi connectivity index (χ1n) is 10.5. The van der Waals surface area contributed by atoms with Crippen molar-refractivity contribution in [2.24, 2.45) is 0 Å². The van der Waals surface area contributed by atoms with Gasteiger partial charge in [0.1, 0.15) is 0 Å². The highest BCUT2D eigenvalue weighted by atomic mass is 16.2. The second-order valence-electron chi connectivity index (χ2n) is 7.61. The van der Waals surface area contributed by atoms with Crippen LogP contribution in [0.3, 0.4) is 0 Å². The number of nitrogens with one attached hydrogen (secondary N) is 1. The van der Waals surface area contributed by atoms with Gasteiger partial charge in [-0.3, -0.25) is 14.4 Å². The van der Waals surface area contributed by atoms with Crippen molar-refractivity contribution in [2.75, 3.05) is 16.8 Å². The Labute approximate surface area is 181 Å². The topological polar surface area (TPSA) is 66.5 Å². The molecular weight excluding hydrogens is 388 g/mol. The summed E-state index contributed by atoms with van der Waals surface area (Å²) in [5.41, 5.74) is 4.16. The molecule has 4 rings (SSSR count). The highest BCUT2D eigenvalue weighted by Crippen LogP contribution is 2.24. The molecule has 1 heterocycles. The normalized spacial score (nSPS) is 13.3. The van der Waals surface area contributed by atoms with Gasteiger partial charge in [-0.25, -0.2) is 0 Å². The SMILES string of the molecule is O=C(CCC(=O)c1ccc(-c2ccccc2)cc1)Nc1cccc(N2CCCC2=O)c1. The van der Waals surface area contributed by atoms with E-state index < -0.39 is 0 Å². The summed E-state index contributed by atoms with van der Waals surface area (Å²) < 4.78 is 0. The van der Waals surface area contributed by atoms with E-state index in [9.17, 15) is 14.4 Å². The molecule has 0 spiro atoms. The van der Waals surface area contributed by atoms with E-state index in [1.165, 1.54) is 0 Å². The molecule has 1 aliphatic rings. The fourth-order valence-electron chi connectivity index (χ4n) is 3.75. The van der Waals surface area contributed by atoms with Crippen LogP contribution in [0.15, 0.2) is 78.9 Å². The Morgan fingerprint density at radius 3 is 2.29 bits per heavy atom. The van der Waals surface area contributed by atoms with Crippen LogP contribution in [0.5, 0.6) is 0 Å². The van der Waals surface area contributed by atoms with Crippen molar-refractivity contribution in [3.63, 3.8) is 0 Å². The van der Waals surface area contributed by atoms with Crippen molar-refractivity contribution < 1.29 is 14.4 Å². The van der Waals surface area contributed by atoms with Gasteiger partial charge in [-0.2, -0.15) is 0 Å². The van der Waals surface area contributed by atoms with Gasteiger partial charge in [0.2, 0.25) is 11.8 Å². The van der Waals surface area contributed by atoms with Crippen molar-refractivity contribution in [1.82, 2.24) is 0 Å². The van der Waals surface area contributed by atoms with Gasteiger partial charge in [-0.05, 0) is 35.7 Å². The molecule has 0 atom stereocenters. The van der Waals surface area contributed by atoms with Crippen LogP contribution in [-0.2, 0) is 9.59 Å². The molecule has 0 radical (unpaired) electrons. The fourth-order valence-corrected chi connectivity index (χ4v) is 3.75. The van der Waals surface area contributed by atoms with Gasteiger partial charge in [0.05, 0.1) is 0 Å². The van der Waals surface area contributed by atoms with Crippen molar-refractivity contribution in [1.29, 1.82) is 0 Å². The summed E-state index contributed by atoms with van der Waals surface area (Å²) in [5, 5.41) is 2.83. The smallest absolute Gasteiger partial charge is 0.227 e. The Kier molecular flexibility index (Phi) is 6.22. The Balaban J connectivity index is 1.32. The largest absolute Gasteiger partial charge is 0.326 e. The van der Waals surface area contributed by atoms with Crippen LogP contribution in [0.1, 0.15) is 36.0 Å². The quantitative estimate of drug-likeness (QED) is 0.550. The zero-order valence-electron chi connectivity index (χ0n) is 17.2. The van der Waals surface area contributed by atoms with Crippen molar-refractivity contribution >= 4 is 29.0 Å². The molecular formula is C26H24N2O3. The van der Waals surface area contributed by atoms with Crippen molar-refractivity contribution in [3.8, 4) is 11.1 Å². The maximum atomic E-state index is 12.5. The second kappa shape index (κ2) is 9.39. The van der Waals surface area contributed by atoms with E-state index in [-0.39, 0.29) is 30.4 Å². The average molecular weight is 412 g/mol. The maximum absolute atomic E-state index is 12.5. The maximum Gasteiger partial charge on any atom is 0.227 e. The number of hydrogen-bond donors (Lipinski definition) is 1. The zero-order valence-corrected chi connectivity index (χ0v) is 17.2. The lowest BCUT2D eigenvalue weighted by molar-refractivity contribution is -0.117. The van der Waals surface area contributed by atoms with Gasteiger partial charge in [0.15, 0.2) is 5.78 Å². The number of anilines is 2. The minimum atomic E-state index is -0.223. The van der Waals surface area contributed by atoms with Gasteiger partial charge >= 0.3 is 0 Å². The number of carbonyl (C=O) groups is 3. The lowest BCUT2D eigenvalue weighted by Gasteiger charge is -2.16. The molecule has 0 aromatic heterocycles. The highest BCUT2D eigenvalue weighted by Gasteiger charge is 2.21. The molecule has 31 heavy (non-hydrogen) atoms. The summed E-state index contributed by atoms with van der Waals surface area (Å²) in [4.78, 5) is 38.5. The van der Waals surface area contributed by atoms with Crippen LogP contribution in [0.25, 0.3) is 11.1 Å². The molecule has 0 aliphatic carbocycles. The average Bonchev–Trinajstić information content (AvgIpc) is 3.24. The molecule has 1 saturated heterocycles. The van der Waals surface area contributed by atoms with E-state index >= 15 is 0 Å². The van der Waals surface area contributed by atoms with E-state index in [1.54, 1.807) is 29.2 Å². The summed E-state index contributed by atoms with van der Waals surface area (Å²) >= 11 is 0. The van der Waals surface area contributed by atoms with Crippen molar-refractivity contribution in [2.45, 2.75) is 25.7 Å². The molecule has 0 saturated carbocycles. The van der Waals surface area contributed by atoms with Gasteiger partial charge < -0.3 is 10.2 Å². The van der Waals surface area contributed by atoms with Crippen LogP contribution in [0.4, 0.5) is 11.4 Å². The monoisotopic (exact) mass is 412 g/mol. The van der Waals surface area contributed by atoms with E-state index in [0.717, 1.165) is 23.2 Å². The van der Waals surface area contributed by atoms with E-state index in [1.807, 2.05) is 54.6 Å². The van der Waals surface area contributed by atoms with Crippen LogP contribution in [0, 0.1) is 0 Å². The van der Waals surface area contributed by atoms with E-state index in [4.69, 9.17) is 0 Å². The number of carbonyl (C=O) groups excluding carboxylic acids is 3. The minimum Gasteiger partial charge on any atom is -0.326 e. The molecule has 3 aromatic carbocycles. The molecule has 2 amide bonds. The molecule has 1 fully saturated rings. The third-order valence-corrected chi connectivity index (χ3v) is 5.41. The fraction of sp³-hybridized carbons (Fsp3) is 0.192. The Morgan fingerprint density at radius 1 is 0.839 bits per heavy atom. The summed E-state index contributed by atoms with van der Waals surface area (Å²) in [6, 6.07) is 24.7. The predicted octanol–water partition coefficient (Wildman–Crippen LogP) is 5.08. The Morgan fingerprint density at radius 2 is 1.58 bits per heavy atom. The van der Waals surface area contributed by atoms with E-state index in [2.05, 4.69) is 5.32 Å². The molecule has 1 aliphatic heterocycles. The Bertz CT molecular complexity index is 1090. The van der Waals surface area contributed by atoms with Crippen LogP contribution >= 0.6 is 0 Å². The zero-order chi connectivity index (χ0) is 21.6. The third-order valence-electron chi connectivity index (χ3n) is 5.41. The number of benzene rings is 3. The van der Waals surface area contributed by atoms with Crippen LogP contribution in [-0.4, -0.2) is 24.1 Å². The van der Waals surface area contributed by atoms with Gasteiger partial charge in [0, 0.05) is 42.7 Å². The summed E-state index contributed by atoms with van der Waals surface area (Å²) in [5.74, 6) is -0.183. The lowest BCUT2D eigenvalue weighted by atomic mass is 10.0. The third kappa shape index (κ3) is 5.07. The molecule has 5 heteroatoms. The van der Waals surface area contributed by atoms with Crippen molar-refractivity contribution in [3.05, 3.63) is 84.4 Å². The summed E-state index contributed by atoms with van der Waals surface area (Å²) in [7, 11) is 0. The molecule has 3 aromatic rings. The van der Waals surface area contributed by atoms with Gasteiger partial charge in [-0.15, -0.1) is 0 Å². The Hall–Kier alpha value is -3.73. The number of hydrogen-bond acceptors (Lipinski definition) is 3. The molecule has 0 unspecified atom stereocenters. The van der Waals surface area contributed by atoms with Crippen LogP contribution < -0.4 is 10.2 Å². The number of rotatable bonds is 7. The van der Waals surface area contributed by atoms with Gasteiger partial charge in [0.25, 0.3) is 0 Å². The standard InChI is InChI=1S/C26H24N2O3/c29-24(21-13-11-20(12-14-21)19-6-2-1-3-7-19)15-16-25(30)27-22-8-4-9-23(18-22)28-17-5-10-26(28)31/h1-4,6-9,11-14,18H,5,10,15-17H2,(H,27,30). The minimum absolute atomic E-state index is 0.0637. The lowest BCUT2D eigenvalue weighted by Crippen LogP contribution is -2.23. The first kappa shape index (κ1) is 20.5. The highest BCUT2D eigenvalue weighted by molar-refractivity contribution is 6.01. The molecule has 0 bridgehead atoms. The molecule has 156 valence electrons. The number of amides is 2. The first-order valence-corrected chi connectivity index (χ1v) is 10.5. The first-order chi connectivity index (χ1) is 15.1. The summed E-state index contributed by atoms with van der Waals surface area (Å²) in [6.07, 6.45) is 1.65. The number of nitrogens with zero attached hydrogens (tertiary/aromatic N) is 1. The predicted molar refractivity (Wildman–Crippen MR) is 122 cm³/mol.